The van der Waals surface area contributed by atoms with E-state index in [4.69, 9.17) is 32.7 Å². The molecule has 4 aromatic rings. The second-order valence-electron chi connectivity index (χ2n) is 9.02. The summed E-state index contributed by atoms with van der Waals surface area (Å²) in [5.41, 5.74) is 3.05. The Kier molecular flexibility index (Phi) is 8.74. The van der Waals surface area contributed by atoms with Crippen molar-refractivity contribution in [1.82, 2.24) is 14.3 Å². The summed E-state index contributed by atoms with van der Waals surface area (Å²) in [7, 11) is 2.11. The number of hydrogen-bond donors (Lipinski definition) is 2. The Labute approximate surface area is 248 Å². The van der Waals surface area contributed by atoms with Crippen molar-refractivity contribution in [2.75, 3.05) is 38.9 Å². The zero-order valence-corrected chi connectivity index (χ0v) is 25.2. The summed E-state index contributed by atoms with van der Waals surface area (Å²) in [5, 5.41) is 7.14. The average molecular weight is 617 g/mol. The van der Waals surface area contributed by atoms with E-state index in [2.05, 4.69) is 27.2 Å². The fraction of sp³-hybridized carbons (Fsp3) is 0.179. The Morgan fingerprint density at radius 2 is 1.71 bits per heavy atom. The minimum atomic E-state index is -3.76. The summed E-state index contributed by atoms with van der Waals surface area (Å²) in [6.45, 7) is 5.18. The molecule has 3 aromatic carbocycles. The molecule has 0 saturated heterocycles. The molecule has 2 N–H and O–H groups in total. The van der Waals surface area contributed by atoms with Gasteiger partial charge in [0.15, 0.2) is 0 Å². The molecule has 0 spiro atoms. The van der Waals surface area contributed by atoms with Crippen molar-refractivity contribution >= 4 is 67.4 Å². The summed E-state index contributed by atoms with van der Waals surface area (Å²) >= 11 is 13.2. The highest BCUT2D eigenvalue weighted by Gasteiger charge is 2.22. The van der Waals surface area contributed by atoms with Gasteiger partial charge in [-0.3, -0.25) is 4.79 Å². The van der Waals surface area contributed by atoms with Crippen molar-refractivity contribution in [2.45, 2.75) is 11.8 Å². The molecule has 4 rings (SSSR count). The number of fused-ring (bicyclic) bond motifs is 1. The van der Waals surface area contributed by atoms with Crippen LogP contribution in [0.5, 0.6) is 11.5 Å². The zero-order valence-electron chi connectivity index (χ0n) is 22.9. The standard InChI is InChI=1S/C28H27Cl2N5O5S/c1-7-23(36)32-20-12-18(41(37,38)35(3)4)10-15(2)27(20)34-28-31-14-17-11-16(8-9-19(17)33-28)24-25(29)21(39-5)13-22(40-6)26(24)30/h7-14H,1H2,2-6H3,(H,32,36)(H,31,33,34). The lowest BCUT2D eigenvalue weighted by molar-refractivity contribution is -0.111. The van der Waals surface area contributed by atoms with E-state index in [0.717, 1.165) is 10.4 Å². The monoisotopic (exact) mass is 615 g/mol. The number of hydrogen-bond acceptors (Lipinski definition) is 8. The molecule has 13 heteroatoms. The number of ether oxygens (including phenoxy) is 2. The van der Waals surface area contributed by atoms with E-state index in [1.54, 1.807) is 25.3 Å². The molecule has 0 aliphatic carbocycles. The van der Waals surface area contributed by atoms with Gasteiger partial charge < -0.3 is 20.1 Å². The number of carbonyl (C=O) groups excluding carboxylic acids is 1. The van der Waals surface area contributed by atoms with Gasteiger partial charge in [0.1, 0.15) is 11.5 Å². The number of carbonyl (C=O) groups is 1. The first kappa shape index (κ1) is 30.1. The molecule has 1 amide bonds. The van der Waals surface area contributed by atoms with Crippen molar-refractivity contribution in [2.24, 2.45) is 0 Å². The topological polar surface area (TPSA) is 123 Å². The predicted octanol–water partition coefficient (Wildman–Crippen LogP) is 6.05. The van der Waals surface area contributed by atoms with Crippen molar-refractivity contribution in [3.63, 3.8) is 0 Å². The molecule has 214 valence electrons. The van der Waals surface area contributed by atoms with E-state index in [1.807, 2.05) is 12.1 Å². The molecule has 0 bridgehead atoms. The van der Waals surface area contributed by atoms with Gasteiger partial charge in [0.25, 0.3) is 0 Å². The number of nitrogens with zero attached hydrogens (tertiary/aromatic N) is 3. The molecule has 41 heavy (non-hydrogen) atoms. The lowest BCUT2D eigenvalue weighted by Crippen LogP contribution is -2.23. The number of halogens is 2. The maximum Gasteiger partial charge on any atom is 0.247 e. The van der Waals surface area contributed by atoms with Gasteiger partial charge in [-0.15, -0.1) is 0 Å². The SMILES string of the molecule is C=CC(=O)Nc1cc(S(=O)(=O)N(C)C)cc(C)c1Nc1ncc2cc(-c3c(Cl)c(OC)cc(OC)c3Cl)ccc2n1. The van der Waals surface area contributed by atoms with Crippen LogP contribution in [0.4, 0.5) is 17.3 Å². The third-order valence-corrected chi connectivity index (χ3v) is 8.75. The van der Waals surface area contributed by atoms with Crippen molar-refractivity contribution in [3.8, 4) is 22.6 Å². The highest BCUT2D eigenvalue weighted by Crippen LogP contribution is 2.46. The molecule has 0 radical (unpaired) electrons. The summed E-state index contributed by atoms with van der Waals surface area (Å²) in [6.07, 6.45) is 2.71. The minimum Gasteiger partial charge on any atom is -0.495 e. The minimum absolute atomic E-state index is 0.0170. The molecule has 0 aliphatic rings. The first-order chi connectivity index (χ1) is 19.4. The van der Waals surface area contributed by atoms with Crippen molar-refractivity contribution < 1.29 is 22.7 Å². The van der Waals surface area contributed by atoms with Crippen LogP contribution in [0.2, 0.25) is 10.0 Å². The summed E-state index contributed by atoms with van der Waals surface area (Å²) in [4.78, 5) is 21.2. The molecule has 10 nitrogen and oxygen atoms in total. The third kappa shape index (κ3) is 5.94. The number of amides is 1. The smallest absolute Gasteiger partial charge is 0.247 e. The molecule has 1 aromatic heterocycles. The van der Waals surface area contributed by atoms with Gasteiger partial charge in [0, 0.05) is 37.3 Å². The van der Waals surface area contributed by atoms with Crippen LogP contribution in [-0.2, 0) is 14.8 Å². The van der Waals surface area contributed by atoms with Gasteiger partial charge in [-0.05, 0) is 48.4 Å². The molecule has 0 fully saturated rings. The lowest BCUT2D eigenvalue weighted by atomic mass is 10.0. The first-order valence-corrected chi connectivity index (χ1v) is 14.3. The van der Waals surface area contributed by atoms with Crippen molar-refractivity contribution in [3.05, 3.63) is 70.9 Å². The lowest BCUT2D eigenvalue weighted by Gasteiger charge is -2.18. The van der Waals surface area contributed by atoms with E-state index in [1.165, 1.54) is 40.4 Å². The second kappa shape index (κ2) is 11.9. The molecule has 0 atom stereocenters. The van der Waals surface area contributed by atoms with E-state index in [0.29, 0.717) is 54.8 Å². The number of nitrogens with one attached hydrogen (secondary N) is 2. The van der Waals surface area contributed by atoms with Gasteiger partial charge >= 0.3 is 0 Å². The highest BCUT2D eigenvalue weighted by molar-refractivity contribution is 7.89. The maximum absolute atomic E-state index is 12.8. The quantitative estimate of drug-likeness (QED) is 0.218. The normalized spacial score (nSPS) is 11.4. The highest BCUT2D eigenvalue weighted by atomic mass is 35.5. The number of benzene rings is 3. The van der Waals surface area contributed by atoms with E-state index in [-0.39, 0.29) is 16.5 Å². The van der Waals surface area contributed by atoms with Gasteiger partial charge in [0.05, 0.1) is 46.1 Å². The molecule has 0 saturated carbocycles. The van der Waals surface area contributed by atoms with Gasteiger partial charge in [-0.25, -0.2) is 22.7 Å². The van der Waals surface area contributed by atoms with Gasteiger partial charge in [-0.1, -0.05) is 35.8 Å². The van der Waals surface area contributed by atoms with Crippen LogP contribution in [0, 0.1) is 6.92 Å². The van der Waals surface area contributed by atoms with Crippen LogP contribution < -0.4 is 20.1 Å². The van der Waals surface area contributed by atoms with Crippen LogP contribution in [0.1, 0.15) is 5.56 Å². The average Bonchev–Trinajstić information content (AvgIpc) is 2.94. The number of aryl methyl sites for hydroxylation is 1. The molecule has 1 heterocycles. The Morgan fingerprint density at radius 1 is 1.05 bits per heavy atom. The fourth-order valence-corrected chi connectivity index (χ4v) is 5.80. The fourth-order valence-electron chi connectivity index (χ4n) is 4.06. The van der Waals surface area contributed by atoms with Crippen LogP contribution >= 0.6 is 23.2 Å². The zero-order chi connectivity index (χ0) is 30.1. The van der Waals surface area contributed by atoms with Gasteiger partial charge in [-0.2, -0.15) is 0 Å². The Morgan fingerprint density at radius 3 is 2.29 bits per heavy atom. The number of rotatable bonds is 9. The summed E-state index contributed by atoms with van der Waals surface area (Å²) in [5.74, 6) is 0.547. The van der Waals surface area contributed by atoms with E-state index < -0.39 is 15.9 Å². The number of anilines is 3. The van der Waals surface area contributed by atoms with Crippen LogP contribution in [0.3, 0.4) is 0 Å². The number of methoxy groups -OCH3 is 2. The number of sulfonamides is 1. The van der Waals surface area contributed by atoms with Crippen LogP contribution in [-0.4, -0.2) is 56.9 Å². The van der Waals surface area contributed by atoms with Gasteiger partial charge in [0.2, 0.25) is 21.9 Å². The Balaban J connectivity index is 1.76. The van der Waals surface area contributed by atoms with Crippen LogP contribution in [0.25, 0.3) is 22.0 Å². The molecular formula is C28H27Cl2N5O5S. The summed E-state index contributed by atoms with van der Waals surface area (Å²) < 4.78 is 37.4. The number of aromatic nitrogens is 2. The maximum atomic E-state index is 12.8. The Bertz CT molecular complexity index is 1770. The predicted molar refractivity (Wildman–Crippen MR) is 162 cm³/mol. The van der Waals surface area contributed by atoms with E-state index in [9.17, 15) is 13.2 Å². The third-order valence-electron chi connectivity index (χ3n) is 6.21. The van der Waals surface area contributed by atoms with Crippen LogP contribution in [0.15, 0.2) is 60.1 Å². The Hall–Kier alpha value is -3.90. The van der Waals surface area contributed by atoms with Crippen molar-refractivity contribution in [1.29, 1.82) is 0 Å². The summed E-state index contributed by atoms with van der Waals surface area (Å²) in [6, 6.07) is 9.93. The molecular weight excluding hydrogens is 589 g/mol. The van der Waals surface area contributed by atoms with E-state index >= 15 is 0 Å². The molecule has 0 unspecified atom stereocenters. The molecule has 0 aliphatic heterocycles. The second-order valence-corrected chi connectivity index (χ2v) is 11.9. The first-order valence-electron chi connectivity index (χ1n) is 12.1. The largest absolute Gasteiger partial charge is 0.495 e.